The van der Waals surface area contributed by atoms with Gasteiger partial charge >= 0.3 is 0 Å². The Morgan fingerprint density at radius 2 is 1.83 bits per heavy atom. The molecule has 0 aliphatic heterocycles. The van der Waals surface area contributed by atoms with Gasteiger partial charge in [-0.2, -0.15) is 0 Å². The number of benzene rings is 2. The minimum absolute atomic E-state index is 0.0192. The number of carbonyl (C=O) groups is 1. The van der Waals surface area contributed by atoms with Crippen molar-refractivity contribution in [3.8, 4) is 0 Å². The van der Waals surface area contributed by atoms with E-state index in [1.807, 2.05) is 44.2 Å². The van der Waals surface area contributed by atoms with Gasteiger partial charge in [0.1, 0.15) is 0 Å². The second kappa shape index (κ2) is 8.27. The van der Waals surface area contributed by atoms with Crippen LogP contribution in [0.25, 0.3) is 0 Å². The molecule has 1 amide bonds. The van der Waals surface area contributed by atoms with Crippen LogP contribution in [0.3, 0.4) is 0 Å². The topological polar surface area (TPSA) is 41.1 Å². The van der Waals surface area contributed by atoms with Crippen molar-refractivity contribution in [3.63, 3.8) is 0 Å². The van der Waals surface area contributed by atoms with Gasteiger partial charge in [-0.3, -0.25) is 4.79 Å². The second-order valence-electron chi connectivity index (χ2n) is 5.69. The summed E-state index contributed by atoms with van der Waals surface area (Å²) in [5, 5.41) is 6.31. The molecule has 0 saturated heterocycles. The molecule has 4 heteroatoms. The van der Waals surface area contributed by atoms with Crippen molar-refractivity contribution >= 4 is 27.5 Å². The average molecular weight is 375 g/mol. The predicted octanol–water partition coefficient (Wildman–Crippen LogP) is 4.75. The van der Waals surface area contributed by atoms with Gasteiger partial charge in [0.25, 0.3) is 0 Å². The highest BCUT2D eigenvalue weighted by Gasteiger charge is 2.11. The van der Waals surface area contributed by atoms with E-state index in [1.165, 1.54) is 11.1 Å². The number of anilines is 1. The quantitative estimate of drug-likeness (QED) is 0.765. The number of carbonyl (C=O) groups excluding carboxylic acids is 1. The SMILES string of the molecule is CC[C@H](NCC(=O)Nc1cccc(C)c1C)c1ccc(Br)cc1. The van der Waals surface area contributed by atoms with Gasteiger partial charge in [0.15, 0.2) is 0 Å². The molecule has 0 aliphatic carbocycles. The summed E-state index contributed by atoms with van der Waals surface area (Å²) in [5.74, 6) is -0.0192. The molecule has 0 radical (unpaired) electrons. The van der Waals surface area contributed by atoms with Crippen LogP contribution in [0.1, 0.15) is 36.1 Å². The molecule has 2 N–H and O–H groups in total. The smallest absolute Gasteiger partial charge is 0.238 e. The molecule has 122 valence electrons. The zero-order valence-electron chi connectivity index (χ0n) is 13.8. The van der Waals surface area contributed by atoms with Crippen molar-refractivity contribution < 1.29 is 4.79 Å². The summed E-state index contributed by atoms with van der Waals surface area (Å²) in [6.07, 6.45) is 0.929. The highest BCUT2D eigenvalue weighted by atomic mass is 79.9. The fourth-order valence-electron chi connectivity index (χ4n) is 2.49. The molecule has 0 unspecified atom stereocenters. The number of nitrogens with one attached hydrogen (secondary N) is 2. The molecule has 1 atom stereocenters. The van der Waals surface area contributed by atoms with Gasteiger partial charge in [-0.1, -0.05) is 47.1 Å². The number of hydrogen-bond donors (Lipinski definition) is 2. The molecule has 3 nitrogen and oxygen atoms in total. The molecule has 0 heterocycles. The fraction of sp³-hybridized carbons (Fsp3) is 0.316. The van der Waals surface area contributed by atoms with Gasteiger partial charge in [-0.25, -0.2) is 0 Å². The van der Waals surface area contributed by atoms with Crippen LogP contribution in [0.15, 0.2) is 46.9 Å². The number of amides is 1. The molecule has 2 aromatic rings. The Morgan fingerprint density at radius 3 is 2.48 bits per heavy atom. The van der Waals surface area contributed by atoms with E-state index in [4.69, 9.17) is 0 Å². The van der Waals surface area contributed by atoms with Crippen LogP contribution < -0.4 is 10.6 Å². The Labute approximate surface area is 146 Å². The number of hydrogen-bond acceptors (Lipinski definition) is 2. The molecule has 0 saturated carbocycles. The lowest BCUT2D eigenvalue weighted by Gasteiger charge is -2.18. The van der Waals surface area contributed by atoms with Crippen LogP contribution in [0.2, 0.25) is 0 Å². The predicted molar refractivity (Wildman–Crippen MR) is 99.7 cm³/mol. The van der Waals surface area contributed by atoms with Crippen molar-refractivity contribution in [1.82, 2.24) is 5.32 Å². The maximum Gasteiger partial charge on any atom is 0.238 e. The average Bonchev–Trinajstić information content (AvgIpc) is 2.54. The van der Waals surface area contributed by atoms with Crippen molar-refractivity contribution in [1.29, 1.82) is 0 Å². The fourth-order valence-corrected chi connectivity index (χ4v) is 2.75. The Balaban J connectivity index is 1.94. The first-order valence-electron chi connectivity index (χ1n) is 7.86. The Morgan fingerprint density at radius 1 is 1.13 bits per heavy atom. The number of aryl methyl sites for hydroxylation is 1. The third kappa shape index (κ3) is 4.91. The molecule has 2 rings (SSSR count). The van der Waals surface area contributed by atoms with Crippen molar-refractivity contribution in [2.45, 2.75) is 33.2 Å². The largest absolute Gasteiger partial charge is 0.325 e. The van der Waals surface area contributed by atoms with E-state index in [2.05, 4.69) is 45.6 Å². The Kier molecular flexibility index (Phi) is 6.37. The zero-order chi connectivity index (χ0) is 16.8. The summed E-state index contributed by atoms with van der Waals surface area (Å²) in [4.78, 5) is 12.2. The number of rotatable bonds is 6. The maximum absolute atomic E-state index is 12.2. The molecule has 0 fully saturated rings. The second-order valence-corrected chi connectivity index (χ2v) is 6.60. The van der Waals surface area contributed by atoms with Gasteiger partial charge in [-0.05, 0) is 55.2 Å². The molecular formula is C19H23BrN2O. The standard InChI is InChI=1S/C19H23BrN2O/c1-4-17(15-8-10-16(20)11-9-15)21-12-19(23)22-18-7-5-6-13(2)14(18)3/h5-11,17,21H,4,12H2,1-3H3,(H,22,23)/t17-/m0/s1. The first-order valence-corrected chi connectivity index (χ1v) is 8.65. The zero-order valence-corrected chi connectivity index (χ0v) is 15.4. The highest BCUT2D eigenvalue weighted by Crippen LogP contribution is 2.20. The Bertz CT molecular complexity index is 668. The first kappa shape index (κ1) is 17.7. The van der Waals surface area contributed by atoms with E-state index in [-0.39, 0.29) is 11.9 Å². The molecule has 2 aromatic carbocycles. The minimum Gasteiger partial charge on any atom is -0.325 e. The van der Waals surface area contributed by atoms with Crippen molar-refractivity contribution in [3.05, 3.63) is 63.6 Å². The lowest BCUT2D eigenvalue weighted by atomic mass is 10.0. The lowest BCUT2D eigenvalue weighted by Crippen LogP contribution is -2.31. The monoisotopic (exact) mass is 374 g/mol. The normalized spacial score (nSPS) is 12.0. The van der Waals surface area contributed by atoms with Crippen molar-refractivity contribution in [2.24, 2.45) is 0 Å². The summed E-state index contributed by atoms with van der Waals surface area (Å²) in [6, 6.07) is 14.3. The van der Waals surface area contributed by atoms with Crippen LogP contribution >= 0.6 is 15.9 Å². The van der Waals surface area contributed by atoms with Crippen LogP contribution in [-0.2, 0) is 4.79 Å². The van der Waals surface area contributed by atoms with Gasteiger partial charge < -0.3 is 10.6 Å². The lowest BCUT2D eigenvalue weighted by molar-refractivity contribution is -0.115. The van der Waals surface area contributed by atoms with E-state index in [0.717, 1.165) is 22.1 Å². The van der Waals surface area contributed by atoms with Crippen LogP contribution in [0.4, 0.5) is 5.69 Å². The summed E-state index contributed by atoms with van der Waals surface area (Å²) >= 11 is 3.44. The summed E-state index contributed by atoms with van der Waals surface area (Å²) in [7, 11) is 0. The van der Waals surface area contributed by atoms with Gasteiger partial charge in [0.05, 0.1) is 6.54 Å². The molecular weight excluding hydrogens is 352 g/mol. The van der Waals surface area contributed by atoms with E-state index < -0.39 is 0 Å². The van der Waals surface area contributed by atoms with Crippen LogP contribution in [-0.4, -0.2) is 12.5 Å². The summed E-state index contributed by atoms with van der Waals surface area (Å²) in [5.41, 5.74) is 4.36. The van der Waals surface area contributed by atoms with Gasteiger partial charge in [0.2, 0.25) is 5.91 Å². The van der Waals surface area contributed by atoms with E-state index in [0.29, 0.717) is 6.54 Å². The molecule has 0 spiro atoms. The molecule has 0 aliphatic rings. The highest BCUT2D eigenvalue weighted by molar-refractivity contribution is 9.10. The molecule has 23 heavy (non-hydrogen) atoms. The van der Waals surface area contributed by atoms with E-state index >= 15 is 0 Å². The Hall–Kier alpha value is -1.65. The molecule has 0 bridgehead atoms. The summed E-state index contributed by atoms with van der Waals surface area (Å²) < 4.78 is 1.06. The third-order valence-corrected chi connectivity index (χ3v) is 4.60. The summed E-state index contributed by atoms with van der Waals surface area (Å²) in [6.45, 7) is 6.48. The number of halogens is 1. The van der Waals surface area contributed by atoms with Crippen LogP contribution in [0, 0.1) is 13.8 Å². The van der Waals surface area contributed by atoms with Gasteiger partial charge in [0, 0.05) is 16.2 Å². The van der Waals surface area contributed by atoms with E-state index in [1.54, 1.807) is 0 Å². The van der Waals surface area contributed by atoms with E-state index in [9.17, 15) is 4.79 Å². The maximum atomic E-state index is 12.2. The third-order valence-electron chi connectivity index (χ3n) is 4.07. The molecule has 0 aromatic heterocycles. The minimum atomic E-state index is -0.0192. The van der Waals surface area contributed by atoms with Crippen molar-refractivity contribution in [2.75, 3.05) is 11.9 Å². The first-order chi connectivity index (χ1) is 11.0. The van der Waals surface area contributed by atoms with Crippen LogP contribution in [0.5, 0.6) is 0 Å². The van der Waals surface area contributed by atoms with Gasteiger partial charge in [-0.15, -0.1) is 0 Å².